The van der Waals surface area contributed by atoms with Crippen molar-refractivity contribution in [3.8, 4) is 11.4 Å². The highest BCUT2D eigenvalue weighted by Gasteiger charge is 2.32. The van der Waals surface area contributed by atoms with Crippen molar-refractivity contribution in [2.24, 2.45) is 0 Å². The van der Waals surface area contributed by atoms with Crippen molar-refractivity contribution in [3.05, 3.63) is 76.5 Å². The summed E-state index contributed by atoms with van der Waals surface area (Å²) in [6.45, 7) is 0.799. The highest BCUT2D eigenvalue weighted by atomic mass is 35.5. The molecule has 1 saturated heterocycles. The van der Waals surface area contributed by atoms with Gasteiger partial charge in [0.25, 0.3) is 5.91 Å². The van der Waals surface area contributed by atoms with Crippen LogP contribution in [0.2, 0.25) is 10.0 Å². The van der Waals surface area contributed by atoms with Gasteiger partial charge in [-0.15, -0.1) is 0 Å². The smallest absolute Gasteiger partial charge is 0.257 e. The quantitative estimate of drug-likeness (QED) is 0.574. The number of piperazine rings is 1. The molecule has 1 aliphatic heterocycles. The molecule has 1 amide bonds. The molecular formula is C21H18Cl2N4O3S. The largest absolute Gasteiger partial charge is 0.336 e. The fourth-order valence-electron chi connectivity index (χ4n) is 3.31. The van der Waals surface area contributed by atoms with Crippen LogP contribution in [0.1, 0.15) is 10.4 Å². The summed E-state index contributed by atoms with van der Waals surface area (Å²) in [7, 11) is -3.81. The number of aromatic nitrogens is 2. The molecule has 7 nitrogen and oxygen atoms in total. The molecule has 0 radical (unpaired) electrons. The van der Waals surface area contributed by atoms with Crippen LogP contribution in [0.4, 0.5) is 0 Å². The van der Waals surface area contributed by atoms with Gasteiger partial charge in [-0.05, 0) is 12.1 Å². The van der Waals surface area contributed by atoms with E-state index in [1.165, 1.54) is 28.8 Å². The standard InChI is InChI=1S/C21H18Cl2N4O3S/c22-17-7-4-8-18(19(17)23)31(29,30)27-11-9-26(10-12-27)21(28)16-13-24-20(25-14-16)15-5-2-1-3-6-15/h1-8,13-14H,9-12H2. The van der Waals surface area contributed by atoms with Crippen molar-refractivity contribution < 1.29 is 13.2 Å². The van der Waals surface area contributed by atoms with Crippen molar-refractivity contribution in [2.45, 2.75) is 4.90 Å². The van der Waals surface area contributed by atoms with Crippen LogP contribution < -0.4 is 0 Å². The number of carbonyl (C=O) groups excluding carboxylic acids is 1. The predicted molar refractivity (Wildman–Crippen MR) is 119 cm³/mol. The zero-order chi connectivity index (χ0) is 22.0. The molecule has 4 rings (SSSR count). The number of amides is 1. The minimum Gasteiger partial charge on any atom is -0.336 e. The predicted octanol–water partition coefficient (Wildman–Crippen LogP) is 3.60. The van der Waals surface area contributed by atoms with Crippen LogP contribution >= 0.6 is 23.2 Å². The van der Waals surface area contributed by atoms with Crippen LogP contribution in [0.3, 0.4) is 0 Å². The van der Waals surface area contributed by atoms with E-state index in [1.807, 2.05) is 30.3 Å². The Morgan fingerprint density at radius 2 is 1.52 bits per heavy atom. The summed E-state index contributed by atoms with van der Waals surface area (Å²) in [6.07, 6.45) is 2.99. The van der Waals surface area contributed by atoms with E-state index in [1.54, 1.807) is 11.0 Å². The molecule has 0 saturated carbocycles. The molecule has 0 spiro atoms. The van der Waals surface area contributed by atoms with Gasteiger partial charge >= 0.3 is 0 Å². The maximum Gasteiger partial charge on any atom is 0.257 e. The summed E-state index contributed by atoms with van der Waals surface area (Å²) >= 11 is 12.1. The summed E-state index contributed by atoms with van der Waals surface area (Å²) in [6, 6.07) is 14.0. The van der Waals surface area contributed by atoms with Gasteiger partial charge in [0.2, 0.25) is 10.0 Å². The lowest BCUT2D eigenvalue weighted by Gasteiger charge is -2.34. The van der Waals surface area contributed by atoms with Gasteiger partial charge in [0.15, 0.2) is 5.82 Å². The Morgan fingerprint density at radius 1 is 0.871 bits per heavy atom. The van der Waals surface area contributed by atoms with Gasteiger partial charge in [0.1, 0.15) is 4.90 Å². The van der Waals surface area contributed by atoms with E-state index in [9.17, 15) is 13.2 Å². The van der Waals surface area contributed by atoms with E-state index >= 15 is 0 Å². The van der Waals surface area contributed by atoms with Crippen LogP contribution in [0, 0.1) is 0 Å². The van der Waals surface area contributed by atoms with E-state index in [0.717, 1.165) is 5.56 Å². The molecule has 0 aliphatic carbocycles. The van der Waals surface area contributed by atoms with Crippen molar-refractivity contribution in [3.63, 3.8) is 0 Å². The number of halogens is 2. The minimum absolute atomic E-state index is 0.00155. The molecule has 1 aromatic heterocycles. The second kappa shape index (κ2) is 8.92. The maximum atomic E-state index is 12.9. The summed E-state index contributed by atoms with van der Waals surface area (Å²) in [5.41, 5.74) is 1.22. The highest BCUT2D eigenvalue weighted by Crippen LogP contribution is 2.31. The fraction of sp³-hybridized carbons (Fsp3) is 0.190. The van der Waals surface area contributed by atoms with Gasteiger partial charge in [0, 0.05) is 44.1 Å². The molecule has 0 bridgehead atoms. The topological polar surface area (TPSA) is 83.5 Å². The zero-order valence-electron chi connectivity index (χ0n) is 16.3. The second-order valence-electron chi connectivity index (χ2n) is 6.91. The second-order valence-corrected chi connectivity index (χ2v) is 9.60. The number of hydrogen-bond acceptors (Lipinski definition) is 5. The van der Waals surface area contributed by atoms with Crippen LogP contribution in [-0.4, -0.2) is 59.7 Å². The normalized spacial score (nSPS) is 15.1. The molecule has 31 heavy (non-hydrogen) atoms. The van der Waals surface area contributed by atoms with Crippen LogP contribution in [-0.2, 0) is 10.0 Å². The molecule has 3 aromatic rings. The van der Waals surface area contributed by atoms with Gasteiger partial charge in [-0.1, -0.05) is 59.6 Å². The first-order valence-electron chi connectivity index (χ1n) is 9.49. The summed E-state index contributed by atoms with van der Waals surface area (Å²) in [5.74, 6) is 0.295. The van der Waals surface area contributed by atoms with E-state index in [-0.39, 0.29) is 47.0 Å². The van der Waals surface area contributed by atoms with Gasteiger partial charge < -0.3 is 4.90 Å². The Kier molecular flexibility index (Phi) is 6.24. The average Bonchev–Trinajstić information content (AvgIpc) is 2.81. The van der Waals surface area contributed by atoms with Gasteiger partial charge in [-0.2, -0.15) is 4.31 Å². The first kappa shape index (κ1) is 21.7. The number of hydrogen-bond donors (Lipinski definition) is 0. The summed E-state index contributed by atoms with van der Waals surface area (Å²) < 4.78 is 27.2. The third kappa shape index (κ3) is 4.43. The third-order valence-electron chi connectivity index (χ3n) is 4.99. The van der Waals surface area contributed by atoms with Crippen molar-refractivity contribution in [1.82, 2.24) is 19.2 Å². The van der Waals surface area contributed by atoms with E-state index in [0.29, 0.717) is 11.4 Å². The fourth-order valence-corrected chi connectivity index (χ4v) is 5.47. The molecule has 10 heteroatoms. The van der Waals surface area contributed by atoms with Crippen molar-refractivity contribution in [2.75, 3.05) is 26.2 Å². The lowest BCUT2D eigenvalue weighted by molar-refractivity contribution is 0.0697. The Labute approximate surface area is 190 Å². The third-order valence-corrected chi connectivity index (χ3v) is 7.86. The SMILES string of the molecule is O=C(c1cnc(-c2ccccc2)nc1)N1CCN(S(=O)(=O)c2cccc(Cl)c2Cl)CC1. The Hall–Kier alpha value is -2.52. The number of sulfonamides is 1. The molecule has 1 fully saturated rings. The number of carbonyl (C=O) groups is 1. The first-order chi connectivity index (χ1) is 14.9. The van der Waals surface area contributed by atoms with Crippen molar-refractivity contribution in [1.29, 1.82) is 0 Å². The van der Waals surface area contributed by atoms with Crippen LogP contribution in [0.15, 0.2) is 65.8 Å². The minimum atomic E-state index is -3.81. The van der Waals surface area contributed by atoms with Crippen LogP contribution in [0.5, 0.6) is 0 Å². The van der Waals surface area contributed by atoms with E-state index < -0.39 is 10.0 Å². The summed E-state index contributed by atoms with van der Waals surface area (Å²) in [5, 5.41) is 0.175. The molecular weight excluding hydrogens is 459 g/mol. The molecule has 0 N–H and O–H groups in total. The van der Waals surface area contributed by atoms with Gasteiger partial charge in [-0.25, -0.2) is 18.4 Å². The molecule has 2 heterocycles. The van der Waals surface area contributed by atoms with E-state index in [4.69, 9.17) is 23.2 Å². The van der Waals surface area contributed by atoms with E-state index in [2.05, 4.69) is 9.97 Å². The molecule has 160 valence electrons. The Morgan fingerprint density at radius 3 is 2.16 bits per heavy atom. The maximum absolute atomic E-state index is 12.9. The zero-order valence-corrected chi connectivity index (χ0v) is 18.6. The molecule has 0 atom stereocenters. The number of rotatable bonds is 4. The lowest BCUT2D eigenvalue weighted by atomic mass is 10.2. The monoisotopic (exact) mass is 476 g/mol. The Bertz CT molecular complexity index is 1200. The molecule has 2 aromatic carbocycles. The molecule has 1 aliphatic rings. The van der Waals surface area contributed by atoms with Gasteiger partial charge in [0.05, 0.1) is 15.6 Å². The highest BCUT2D eigenvalue weighted by molar-refractivity contribution is 7.89. The molecule has 0 unspecified atom stereocenters. The Balaban J connectivity index is 1.44. The van der Waals surface area contributed by atoms with Crippen LogP contribution in [0.25, 0.3) is 11.4 Å². The number of nitrogens with zero attached hydrogens (tertiary/aromatic N) is 4. The average molecular weight is 477 g/mol. The number of benzene rings is 2. The summed E-state index contributed by atoms with van der Waals surface area (Å²) in [4.78, 5) is 22.9. The van der Waals surface area contributed by atoms with Gasteiger partial charge in [-0.3, -0.25) is 4.79 Å². The first-order valence-corrected chi connectivity index (χ1v) is 11.7. The lowest BCUT2D eigenvalue weighted by Crippen LogP contribution is -2.50. The van der Waals surface area contributed by atoms with Crippen molar-refractivity contribution >= 4 is 39.1 Å².